The van der Waals surface area contributed by atoms with E-state index in [0.29, 0.717) is 12.6 Å². The van der Waals surface area contributed by atoms with Crippen LogP contribution < -0.4 is 4.74 Å². The standard InChI is InChI=1S/C18H22N4O2/c1-14-4-2-5-15(21-14)11-22-9-6-18(13-22)10-16(12-23-18)24-17-19-7-3-8-20-17/h2-5,7-8,16H,6,9-13H2,1H3/t16-,18-/m1/s1. The van der Waals surface area contributed by atoms with Crippen molar-refractivity contribution in [1.29, 1.82) is 0 Å². The summed E-state index contributed by atoms with van der Waals surface area (Å²) in [6.07, 6.45) is 5.35. The van der Waals surface area contributed by atoms with Crippen LogP contribution in [-0.4, -0.2) is 51.3 Å². The van der Waals surface area contributed by atoms with Gasteiger partial charge in [-0.05, 0) is 31.5 Å². The Kier molecular flexibility index (Phi) is 4.16. The Hall–Kier alpha value is -2.05. The van der Waals surface area contributed by atoms with Gasteiger partial charge in [0.05, 0.1) is 17.9 Å². The van der Waals surface area contributed by atoms with Crippen molar-refractivity contribution < 1.29 is 9.47 Å². The van der Waals surface area contributed by atoms with Crippen LogP contribution in [0.3, 0.4) is 0 Å². The molecule has 0 N–H and O–H groups in total. The van der Waals surface area contributed by atoms with Gasteiger partial charge in [0, 0.05) is 44.1 Å². The molecule has 2 aromatic rings. The third-order valence-electron chi connectivity index (χ3n) is 4.72. The van der Waals surface area contributed by atoms with Gasteiger partial charge in [-0.2, -0.15) is 0 Å². The Bertz CT molecular complexity index is 696. The second kappa shape index (κ2) is 6.45. The average molecular weight is 326 g/mol. The summed E-state index contributed by atoms with van der Waals surface area (Å²) in [5, 5.41) is 0. The largest absolute Gasteiger partial charge is 0.458 e. The Morgan fingerprint density at radius 3 is 3.00 bits per heavy atom. The van der Waals surface area contributed by atoms with E-state index >= 15 is 0 Å². The van der Waals surface area contributed by atoms with Crippen molar-refractivity contribution in [3.05, 3.63) is 48.0 Å². The number of aromatic nitrogens is 3. The average Bonchev–Trinajstić information content (AvgIpc) is 3.15. The molecular weight excluding hydrogens is 304 g/mol. The lowest BCUT2D eigenvalue weighted by Crippen LogP contribution is -2.33. The van der Waals surface area contributed by atoms with Gasteiger partial charge in [-0.3, -0.25) is 9.88 Å². The van der Waals surface area contributed by atoms with Crippen LogP contribution in [0.1, 0.15) is 24.2 Å². The third-order valence-corrected chi connectivity index (χ3v) is 4.72. The number of nitrogens with zero attached hydrogens (tertiary/aromatic N) is 4. The van der Waals surface area contributed by atoms with E-state index in [1.165, 1.54) is 0 Å². The summed E-state index contributed by atoms with van der Waals surface area (Å²) in [5.41, 5.74) is 2.09. The zero-order valence-corrected chi connectivity index (χ0v) is 13.9. The van der Waals surface area contributed by atoms with E-state index in [4.69, 9.17) is 9.47 Å². The number of likely N-dealkylation sites (tertiary alicyclic amines) is 1. The molecule has 2 saturated heterocycles. The fraction of sp³-hybridized carbons (Fsp3) is 0.500. The molecule has 0 radical (unpaired) electrons. The number of rotatable bonds is 4. The zero-order chi connectivity index (χ0) is 16.4. The molecule has 2 atom stereocenters. The lowest BCUT2D eigenvalue weighted by Gasteiger charge is -2.23. The van der Waals surface area contributed by atoms with E-state index in [0.717, 1.165) is 43.9 Å². The van der Waals surface area contributed by atoms with Crippen LogP contribution in [0.25, 0.3) is 0 Å². The summed E-state index contributed by atoms with van der Waals surface area (Å²) in [6, 6.07) is 8.41. The third kappa shape index (κ3) is 3.39. The second-order valence-electron chi connectivity index (χ2n) is 6.70. The Morgan fingerprint density at radius 2 is 2.17 bits per heavy atom. The van der Waals surface area contributed by atoms with Crippen molar-refractivity contribution in [3.63, 3.8) is 0 Å². The monoisotopic (exact) mass is 326 g/mol. The fourth-order valence-corrected chi connectivity index (χ4v) is 3.64. The highest BCUT2D eigenvalue weighted by atomic mass is 16.6. The Balaban J connectivity index is 1.34. The summed E-state index contributed by atoms with van der Waals surface area (Å²) in [4.78, 5) is 15.3. The van der Waals surface area contributed by atoms with Gasteiger partial charge in [-0.25, -0.2) is 9.97 Å². The first-order valence-corrected chi connectivity index (χ1v) is 8.43. The minimum Gasteiger partial charge on any atom is -0.458 e. The maximum atomic E-state index is 6.14. The van der Waals surface area contributed by atoms with Crippen LogP contribution in [0.15, 0.2) is 36.7 Å². The van der Waals surface area contributed by atoms with Crippen LogP contribution in [0.5, 0.6) is 6.01 Å². The minimum atomic E-state index is -0.0940. The molecule has 4 rings (SSSR count). The molecule has 0 bridgehead atoms. The molecule has 0 saturated carbocycles. The van der Waals surface area contributed by atoms with Crippen molar-refractivity contribution in [2.75, 3.05) is 19.7 Å². The highest BCUT2D eigenvalue weighted by Gasteiger charge is 2.46. The van der Waals surface area contributed by atoms with Crippen LogP contribution in [0.4, 0.5) is 0 Å². The number of aryl methyl sites for hydroxylation is 1. The summed E-state index contributed by atoms with van der Waals surface area (Å²) >= 11 is 0. The molecule has 1 spiro atoms. The quantitative estimate of drug-likeness (QED) is 0.856. The second-order valence-corrected chi connectivity index (χ2v) is 6.70. The van der Waals surface area contributed by atoms with Crippen LogP contribution in [-0.2, 0) is 11.3 Å². The van der Waals surface area contributed by atoms with Gasteiger partial charge in [0.1, 0.15) is 6.10 Å². The normalized spacial score (nSPS) is 27.0. The molecule has 2 fully saturated rings. The topological polar surface area (TPSA) is 60.4 Å². The lowest BCUT2D eigenvalue weighted by molar-refractivity contribution is 0.00904. The summed E-state index contributed by atoms with van der Waals surface area (Å²) in [5.74, 6) is 0. The molecule has 2 aliphatic rings. The molecule has 0 amide bonds. The SMILES string of the molecule is Cc1cccc(CN2CC[C@@]3(C[C@@H](Oc4ncccn4)CO3)C2)n1. The lowest BCUT2D eigenvalue weighted by atomic mass is 9.98. The maximum Gasteiger partial charge on any atom is 0.316 e. The van der Waals surface area contributed by atoms with E-state index in [1.54, 1.807) is 18.5 Å². The molecule has 6 heteroatoms. The van der Waals surface area contributed by atoms with E-state index < -0.39 is 0 Å². The smallest absolute Gasteiger partial charge is 0.316 e. The van der Waals surface area contributed by atoms with Gasteiger partial charge >= 0.3 is 6.01 Å². The molecule has 2 aliphatic heterocycles. The van der Waals surface area contributed by atoms with Gasteiger partial charge in [-0.1, -0.05) is 6.07 Å². The van der Waals surface area contributed by atoms with Crippen LogP contribution in [0.2, 0.25) is 0 Å². The summed E-state index contributed by atoms with van der Waals surface area (Å²) in [7, 11) is 0. The zero-order valence-electron chi connectivity index (χ0n) is 13.9. The molecule has 4 heterocycles. The maximum absolute atomic E-state index is 6.14. The number of hydrogen-bond donors (Lipinski definition) is 0. The molecule has 24 heavy (non-hydrogen) atoms. The van der Waals surface area contributed by atoms with E-state index in [2.05, 4.69) is 32.0 Å². The molecule has 0 aromatic carbocycles. The van der Waals surface area contributed by atoms with Gasteiger partial charge in [-0.15, -0.1) is 0 Å². The highest BCUT2D eigenvalue weighted by Crippen LogP contribution is 2.36. The molecular formula is C18H22N4O2. The van der Waals surface area contributed by atoms with Crippen molar-refractivity contribution >= 4 is 0 Å². The fourth-order valence-electron chi connectivity index (χ4n) is 3.64. The summed E-state index contributed by atoms with van der Waals surface area (Å²) < 4.78 is 12.0. The number of pyridine rings is 1. The number of hydrogen-bond acceptors (Lipinski definition) is 6. The molecule has 0 unspecified atom stereocenters. The highest BCUT2D eigenvalue weighted by molar-refractivity contribution is 5.11. The Labute approximate surface area is 141 Å². The molecule has 0 aliphatic carbocycles. The van der Waals surface area contributed by atoms with E-state index in [9.17, 15) is 0 Å². The number of ether oxygens (including phenoxy) is 2. The molecule has 6 nitrogen and oxygen atoms in total. The first-order chi connectivity index (χ1) is 11.7. The minimum absolute atomic E-state index is 0.0319. The molecule has 2 aromatic heterocycles. The Morgan fingerprint density at radius 1 is 1.29 bits per heavy atom. The van der Waals surface area contributed by atoms with Crippen molar-refractivity contribution in [1.82, 2.24) is 19.9 Å². The van der Waals surface area contributed by atoms with Gasteiger partial charge in [0.2, 0.25) is 0 Å². The predicted molar refractivity (Wildman–Crippen MR) is 88.6 cm³/mol. The van der Waals surface area contributed by atoms with Gasteiger partial charge < -0.3 is 9.47 Å². The van der Waals surface area contributed by atoms with Crippen molar-refractivity contribution in [2.24, 2.45) is 0 Å². The van der Waals surface area contributed by atoms with Crippen LogP contribution in [0, 0.1) is 6.92 Å². The first-order valence-electron chi connectivity index (χ1n) is 8.43. The van der Waals surface area contributed by atoms with Gasteiger partial charge in [0.15, 0.2) is 0 Å². The summed E-state index contributed by atoms with van der Waals surface area (Å²) in [6.45, 7) is 5.47. The van der Waals surface area contributed by atoms with Gasteiger partial charge in [0.25, 0.3) is 0 Å². The van der Waals surface area contributed by atoms with Crippen LogP contribution >= 0.6 is 0 Å². The van der Waals surface area contributed by atoms with E-state index in [-0.39, 0.29) is 11.7 Å². The first kappa shape index (κ1) is 15.5. The van der Waals surface area contributed by atoms with Crippen molar-refractivity contribution in [2.45, 2.75) is 38.0 Å². The van der Waals surface area contributed by atoms with E-state index in [1.807, 2.05) is 13.0 Å². The predicted octanol–water partition coefficient (Wildman–Crippen LogP) is 1.99. The van der Waals surface area contributed by atoms with Crippen molar-refractivity contribution in [3.8, 4) is 6.01 Å². The molecule has 126 valence electrons.